The minimum Gasteiger partial charge on any atom is -0.489 e. The van der Waals surface area contributed by atoms with E-state index in [1.807, 2.05) is 12.1 Å². The number of ether oxygens (including phenoxy) is 2. The van der Waals surface area contributed by atoms with Crippen molar-refractivity contribution in [2.75, 3.05) is 7.11 Å². The van der Waals surface area contributed by atoms with Crippen LogP contribution in [0.5, 0.6) is 11.8 Å². The summed E-state index contributed by atoms with van der Waals surface area (Å²) in [7, 11) is 1.45. The molecule has 0 saturated heterocycles. The predicted octanol–water partition coefficient (Wildman–Crippen LogP) is 1.91. The highest BCUT2D eigenvalue weighted by Crippen LogP contribution is 2.19. The molecule has 2 heterocycles. The average Bonchev–Trinajstić information content (AvgIpc) is 2.53. The fourth-order valence-corrected chi connectivity index (χ4v) is 1.93. The van der Waals surface area contributed by atoms with Crippen molar-refractivity contribution < 1.29 is 9.47 Å². The molecule has 0 amide bonds. The lowest BCUT2D eigenvalue weighted by molar-refractivity contribution is 0.306. The molecule has 0 fully saturated rings. The molecule has 3 rings (SSSR count). The van der Waals surface area contributed by atoms with Crippen LogP contribution in [0.2, 0.25) is 0 Å². The Morgan fingerprint density at radius 2 is 2.00 bits per heavy atom. The van der Waals surface area contributed by atoms with Crippen molar-refractivity contribution in [3.63, 3.8) is 0 Å². The first-order valence-electron chi connectivity index (χ1n) is 6.36. The highest BCUT2D eigenvalue weighted by atomic mass is 16.5. The molecule has 1 aromatic carbocycles. The zero-order valence-electron chi connectivity index (χ0n) is 11.4. The van der Waals surface area contributed by atoms with Crippen LogP contribution in [0.25, 0.3) is 10.9 Å². The van der Waals surface area contributed by atoms with E-state index in [2.05, 4.69) is 15.0 Å². The number of hydrogen-bond donors (Lipinski definition) is 1. The first-order chi connectivity index (χ1) is 10.3. The van der Waals surface area contributed by atoms with Gasteiger partial charge in [-0.3, -0.25) is 14.8 Å². The zero-order valence-corrected chi connectivity index (χ0v) is 11.4. The van der Waals surface area contributed by atoms with Gasteiger partial charge in [-0.1, -0.05) is 0 Å². The van der Waals surface area contributed by atoms with Crippen molar-refractivity contribution in [3.8, 4) is 11.8 Å². The van der Waals surface area contributed by atoms with Crippen molar-refractivity contribution >= 4 is 10.9 Å². The van der Waals surface area contributed by atoms with E-state index >= 15 is 0 Å². The van der Waals surface area contributed by atoms with Crippen LogP contribution in [0.3, 0.4) is 0 Å². The van der Waals surface area contributed by atoms with E-state index in [4.69, 9.17) is 9.47 Å². The Balaban J connectivity index is 1.88. The molecule has 0 spiro atoms. The summed E-state index contributed by atoms with van der Waals surface area (Å²) >= 11 is 0. The Morgan fingerprint density at radius 3 is 2.76 bits per heavy atom. The lowest BCUT2D eigenvalue weighted by Crippen LogP contribution is -2.09. The SMILES string of the molecule is COc1nc2cc(OCc3ccncc3)ccc2c(=O)[nH]1. The molecule has 0 atom stereocenters. The predicted molar refractivity (Wildman–Crippen MR) is 77.5 cm³/mol. The van der Waals surface area contributed by atoms with Crippen LogP contribution < -0.4 is 15.0 Å². The molecule has 0 aliphatic carbocycles. The van der Waals surface area contributed by atoms with Crippen molar-refractivity contribution in [2.45, 2.75) is 6.61 Å². The van der Waals surface area contributed by atoms with E-state index in [1.165, 1.54) is 7.11 Å². The van der Waals surface area contributed by atoms with E-state index in [0.29, 0.717) is 23.3 Å². The maximum Gasteiger partial charge on any atom is 0.296 e. The van der Waals surface area contributed by atoms with Gasteiger partial charge in [0.1, 0.15) is 12.4 Å². The molecule has 1 N–H and O–H groups in total. The smallest absolute Gasteiger partial charge is 0.296 e. The Labute approximate surface area is 120 Å². The van der Waals surface area contributed by atoms with E-state index in [9.17, 15) is 4.79 Å². The monoisotopic (exact) mass is 283 g/mol. The van der Waals surface area contributed by atoms with Gasteiger partial charge in [-0.05, 0) is 29.8 Å². The highest BCUT2D eigenvalue weighted by Gasteiger charge is 2.05. The summed E-state index contributed by atoms with van der Waals surface area (Å²) in [5.74, 6) is 0.638. The first-order valence-corrected chi connectivity index (χ1v) is 6.36. The topological polar surface area (TPSA) is 77.1 Å². The van der Waals surface area contributed by atoms with Crippen molar-refractivity contribution in [2.24, 2.45) is 0 Å². The zero-order chi connectivity index (χ0) is 14.7. The van der Waals surface area contributed by atoms with Crippen LogP contribution in [0.1, 0.15) is 5.56 Å². The molecule has 2 aromatic heterocycles. The molecule has 0 unspecified atom stereocenters. The largest absolute Gasteiger partial charge is 0.489 e. The lowest BCUT2D eigenvalue weighted by Gasteiger charge is -2.07. The van der Waals surface area contributed by atoms with Crippen LogP contribution in [-0.4, -0.2) is 22.1 Å². The van der Waals surface area contributed by atoms with E-state index in [0.717, 1.165) is 5.56 Å². The molecule has 0 aliphatic rings. The summed E-state index contributed by atoms with van der Waals surface area (Å²) in [6.07, 6.45) is 3.43. The summed E-state index contributed by atoms with van der Waals surface area (Å²) in [5.41, 5.74) is 1.31. The third kappa shape index (κ3) is 2.84. The van der Waals surface area contributed by atoms with Crippen molar-refractivity contribution in [1.29, 1.82) is 0 Å². The second kappa shape index (κ2) is 5.62. The van der Waals surface area contributed by atoms with Crippen LogP contribution in [0.15, 0.2) is 47.5 Å². The number of nitrogens with one attached hydrogen (secondary N) is 1. The third-order valence-electron chi connectivity index (χ3n) is 3.00. The Morgan fingerprint density at radius 1 is 1.19 bits per heavy atom. The van der Waals surface area contributed by atoms with Gasteiger partial charge in [-0.25, -0.2) is 0 Å². The van der Waals surface area contributed by atoms with Gasteiger partial charge in [0.05, 0.1) is 18.0 Å². The maximum atomic E-state index is 11.8. The first kappa shape index (κ1) is 13.1. The molecule has 21 heavy (non-hydrogen) atoms. The highest BCUT2D eigenvalue weighted by molar-refractivity contribution is 5.79. The molecule has 0 bridgehead atoms. The van der Waals surface area contributed by atoms with Crippen LogP contribution in [-0.2, 0) is 6.61 Å². The fourth-order valence-electron chi connectivity index (χ4n) is 1.93. The summed E-state index contributed by atoms with van der Waals surface area (Å²) in [4.78, 5) is 22.5. The lowest BCUT2D eigenvalue weighted by atomic mass is 10.2. The van der Waals surface area contributed by atoms with Gasteiger partial charge in [-0.15, -0.1) is 0 Å². The number of methoxy groups -OCH3 is 1. The number of benzene rings is 1. The van der Waals surface area contributed by atoms with E-state index in [1.54, 1.807) is 30.6 Å². The summed E-state index contributed by atoms with van der Waals surface area (Å²) in [5, 5.41) is 0.493. The normalized spacial score (nSPS) is 10.5. The summed E-state index contributed by atoms with van der Waals surface area (Å²) in [6, 6.07) is 9.09. The molecule has 6 heteroatoms. The van der Waals surface area contributed by atoms with Gasteiger partial charge >= 0.3 is 0 Å². The number of hydrogen-bond acceptors (Lipinski definition) is 5. The molecular weight excluding hydrogens is 270 g/mol. The summed E-state index contributed by atoms with van der Waals surface area (Å²) in [6.45, 7) is 0.425. The molecule has 0 radical (unpaired) electrons. The summed E-state index contributed by atoms with van der Waals surface area (Å²) < 4.78 is 10.7. The molecule has 3 aromatic rings. The van der Waals surface area contributed by atoms with Gasteiger partial charge in [-0.2, -0.15) is 4.98 Å². The van der Waals surface area contributed by atoms with E-state index in [-0.39, 0.29) is 11.6 Å². The standard InChI is InChI=1S/C15H13N3O3/c1-20-15-17-13-8-11(2-3-12(13)14(19)18-15)21-9-10-4-6-16-7-5-10/h2-8H,9H2,1H3,(H,17,18,19). The molecule has 106 valence electrons. The average molecular weight is 283 g/mol. The molecule has 0 aliphatic heterocycles. The van der Waals surface area contributed by atoms with Crippen LogP contribution >= 0.6 is 0 Å². The van der Waals surface area contributed by atoms with E-state index < -0.39 is 0 Å². The maximum absolute atomic E-state index is 11.8. The second-order valence-corrected chi connectivity index (χ2v) is 4.40. The Hall–Kier alpha value is -2.89. The number of rotatable bonds is 4. The number of pyridine rings is 1. The molecule has 6 nitrogen and oxygen atoms in total. The van der Waals surface area contributed by atoms with Gasteiger partial charge in [0.25, 0.3) is 11.6 Å². The minimum atomic E-state index is -0.238. The van der Waals surface area contributed by atoms with Crippen LogP contribution in [0.4, 0.5) is 0 Å². The number of H-pyrrole nitrogens is 1. The van der Waals surface area contributed by atoms with Gasteiger partial charge in [0, 0.05) is 18.5 Å². The number of aromatic amines is 1. The fraction of sp³-hybridized carbons (Fsp3) is 0.133. The molecule has 0 saturated carbocycles. The molecular formula is C15H13N3O3. The van der Waals surface area contributed by atoms with Crippen molar-refractivity contribution in [1.82, 2.24) is 15.0 Å². The second-order valence-electron chi connectivity index (χ2n) is 4.40. The van der Waals surface area contributed by atoms with Crippen LogP contribution in [0, 0.1) is 0 Å². The van der Waals surface area contributed by atoms with Gasteiger partial charge in [0.2, 0.25) is 0 Å². The number of nitrogens with zero attached hydrogens (tertiary/aromatic N) is 2. The quantitative estimate of drug-likeness (QED) is 0.791. The Kier molecular flexibility index (Phi) is 3.51. The third-order valence-corrected chi connectivity index (χ3v) is 3.00. The van der Waals surface area contributed by atoms with Gasteiger partial charge < -0.3 is 9.47 Å². The van der Waals surface area contributed by atoms with Gasteiger partial charge in [0.15, 0.2) is 0 Å². The van der Waals surface area contributed by atoms with Crippen molar-refractivity contribution in [3.05, 3.63) is 58.6 Å². The number of fused-ring (bicyclic) bond motifs is 1. The Bertz CT molecular complexity index is 815. The minimum absolute atomic E-state index is 0.179. The number of aromatic nitrogens is 3.